The Kier molecular flexibility index (Phi) is 3.38. The number of piperidine rings is 1. The van der Waals surface area contributed by atoms with Gasteiger partial charge in [0.05, 0.1) is 11.1 Å². The largest absolute Gasteiger partial charge is 0.481 e. The van der Waals surface area contributed by atoms with Crippen molar-refractivity contribution in [3.8, 4) is 0 Å². The molecule has 0 aliphatic carbocycles. The lowest BCUT2D eigenvalue weighted by Crippen LogP contribution is -2.42. The van der Waals surface area contributed by atoms with Crippen LogP contribution in [-0.4, -0.2) is 39.0 Å². The second kappa shape index (κ2) is 4.79. The first-order valence-corrected chi connectivity index (χ1v) is 5.81. The van der Waals surface area contributed by atoms with Crippen LogP contribution in [0.25, 0.3) is 0 Å². The predicted octanol–water partition coefficient (Wildman–Crippen LogP) is 1.16. The van der Waals surface area contributed by atoms with E-state index in [4.69, 9.17) is 5.11 Å². The second-order valence-electron chi connectivity index (χ2n) is 4.84. The molecule has 1 aromatic heterocycles. The van der Waals surface area contributed by atoms with Crippen LogP contribution in [0.5, 0.6) is 0 Å². The summed E-state index contributed by atoms with van der Waals surface area (Å²) in [6.07, 6.45) is 4.68. The van der Waals surface area contributed by atoms with E-state index in [0.29, 0.717) is 12.8 Å². The molecule has 0 amide bonds. The van der Waals surface area contributed by atoms with Gasteiger partial charge in [-0.3, -0.25) is 9.69 Å². The first-order chi connectivity index (χ1) is 8.10. The Bertz CT molecular complexity index is 386. The van der Waals surface area contributed by atoms with E-state index in [1.807, 2.05) is 13.0 Å². The second-order valence-corrected chi connectivity index (χ2v) is 4.84. The monoisotopic (exact) mass is 235 g/mol. The van der Waals surface area contributed by atoms with Crippen LogP contribution < -0.4 is 0 Å². The van der Waals surface area contributed by atoms with Crippen molar-refractivity contribution in [1.29, 1.82) is 0 Å². The standard InChI is InChI=1S/C12H17N3O2/c1-12(11(16)17)3-6-15(7-4-12)8-10-2-5-13-9-14-10/h2,5,9H,3-4,6-8H2,1H3,(H,16,17). The highest BCUT2D eigenvalue weighted by molar-refractivity contribution is 5.74. The number of carboxylic acid groups (broad SMARTS) is 1. The molecule has 1 aliphatic rings. The summed E-state index contributed by atoms with van der Waals surface area (Å²) in [6.45, 7) is 4.23. The van der Waals surface area contributed by atoms with Crippen LogP contribution >= 0.6 is 0 Å². The average Bonchev–Trinajstić information content (AvgIpc) is 2.33. The van der Waals surface area contributed by atoms with Gasteiger partial charge >= 0.3 is 5.97 Å². The molecule has 0 unspecified atom stereocenters. The molecule has 1 aliphatic heterocycles. The number of rotatable bonds is 3. The lowest BCUT2D eigenvalue weighted by Gasteiger charge is -2.36. The number of aliphatic carboxylic acids is 1. The molecule has 1 fully saturated rings. The first kappa shape index (κ1) is 12.0. The molecule has 17 heavy (non-hydrogen) atoms. The number of hydrogen-bond donors (Lipinski definition) is 1. The average molecular weight is 235 g/mol. The van der Waals surface area contributed by atoms with E-state index in [9.17, 15) is 4.79 Å². The van der Waals surface area contributed by atoms with Gasteiger partial charge in [-0.25, -0.2) is 9.97 Å². The van der Waals surface area contributed by atoms with E-state index in [-0.39, 0.29) is 0 Å². The Labute approximate surface area is 100 Å². The summed E-state index contributed by atoms with van der Waals surface area (Å²) < 4.78 is 0. The minimum Gasteiger partial charge on any atom is -0.481 e. The molecule has 2 rings (SSSR count). The van der Waals surface area contributed by atoms with Crippen molar-refractivity contribution in [1.82, 2.24) is 14.9 Å². The van der Waals surface area contributed by atoms with E-state index in [0.717, 1.165) is 25.3 Å². The lowest BCUT2D eigenvalue weighted by atomic mass is 9.80. The Balaban J connectivity index is 1.90. The molecule has 5 nitrogen and oxygen atoms in total. The smallest absolute Gasteiger partial charge is 0.309 e. The van der Waals surface area contributed by atoms with Gasteiger partial charge in [0.25, 0.3) is 0 Å². The fourth-order valence-corrected chi connectivity index (χ4v) is 2.06. The SMILES string of the molecule is CC1(C(=O)O)CCN(Cc2ccncn2)CC1. The van der Waals surface area contributed by atoms with Crippen molar-refractivity contribution < 1.29 is 9.90 Å². The van der Waals surface area contributed by atoms with E-state index in [1.54, 1.807) is 12.5 Å². The van der Waals surface area contributed by atoms with Gasteiger partial charge in [-0.2, -0.15) is 0 Å². The molecule has 2 heterocycles. The Morgan fingerprint density at radius 2 is 2.24 bits per heavy atom. The highest BCUT2D eigenvalue weighted by atomic mass is 16.4. The zero-order valence-electron chi connectivity index (χ0n) is 9.96. The molecule has 0 saturated carbocycles. The van der Waals surface area contributed by atoms with Crippen molar-refractivity contribution >= 4 is 5.97 Å². The molecule has 1 aromatic rings. The maximum atomic E-state index is 11.1. The number of likely N-dealkylation sites (tertiary alicyclic amines) is 1. The maximum absolute atomic E-state index is 11.1. The molecule has 5 heteroatoms. The van der Waals surface area contributed by atoms with Gasteiger partial charge in [0, 0.05) is 12.7 Å². The van der Waals surface area contributed by atoms with Gasteiger partial charge in [0.2, 0.25) is 0 Å². The Hall–Kier alpha value is -1.49. The molecule has 0 radical (unpaired) electrons. The number of carboxylic acids is 1. The fourth-order valence-electron chi connectivity index (χ4n) is 2.06. The minimum absolute atomic E-state index is 0.553. The summed E-state index contributed by atoms with van der Waals surface area (Å²) in [5.41, 5.74) is 0.432. The molecule has 0 atom stereocenters. The van der Waals surface area contributed by atoms with Gasteiger partial charge < -0.3 is 5.11 Å². The molecular weight excluding hydrogens is 218 g/mol. The summed E-state index contributed by atoms with van der Waals surface area (Å²) in [5.74, 6) is -0.681. The number of hydrogen-bond acceptors (Lipinski definition) is 4. The Morgan fingerprint density at radius 3 is 2.76 bits per heavy atom. The van der Waals surface area contributed by atoms with Crippen molar-refractivity contribution in [3.05, 3.63) is 24.3 Å². The zero-order valence-corrected chi connectivity index (χ0v) is 9.96. The topological polar surface area (TPSA) is 66.3 Å². The molecule has 0 spiro atoms. The molecule has 92 valence electrons. The van der Waals surface area contributed by atoms with Gasteiger partial charge in [0.15, 0.2) is 0 Å². The number of aromatic nitrogens is 2. The van der Waals surface area contributed by atoms with Crippen molar-refractivity contribution in [3.63, 3.8) is 0 Å². The van der Waals surface area contributed by atoms with Crippen LogP contribution in [0.2, 0.25) is 0 Å². The van der Waals surface area contributed by atoms with Crippen LogP contribution in [0, 0.1) is 5.41 Å². The molecule has 0 bridgehead atoms. The summed E-state index contributed by atoms with van der Waals surface area (Å²) in [5, 5.41) is 9.13. The predicted molar refractivity (Wildman–Crippen MR) is 62.3 cm³/mol. The molecule has 1 N–H and O–H groups in total. The molecule has 0 aromatic carbocycles. The lowest BCUT2D eigenvalue weighted by molar-refractivity contribution is -0.150. The Morgan fingerprint density at radius 1 is 1.53 bits per heavy atom. The number of nitrogens with zero attached hydrogens (tertiary/aromatic N) is 3. The zero-order chi connectivity index (χ0) is 12.3. The van der Waals surface area contributed by atoms with E-state index >= 15 is 0 Å². The normalized spacial score (nSPS) is 20.1. The quantitative estimate of drug-likeness (QED) is 0.851. The van der Waals surface area contributed by atoms with Crippen LogP contribution in [0.3, 0.4) is 0 Å². The summed E-state index contributed by atoms with van der Waals surface area (Å²) in [7, 11) is 0. The van der Waals surface area contributed by atoms with E-state index < -0.39 is 11.4 Å². The highest BCUT2D eigenvalue weighted by Gasteiger charge is 2.36. The summed E-state index contributed by atoms with van der Waals surface area (Å²) in [6, 6.07) is 1.89. The van der Waals surface area contributed by atoms with Gasteiger partial charge in [-0.05, 0) is 38.9 Å². The summed E-state index contributed by atoms with van der Waals surface area (Å²) >= 11 is 0. The molecule has 1 saturated heterocycles. The third-order valence-corrected chi connectivity index (χ3v) is 3.50. The van der Waals surface area contributed by atoms with Gasteiger partial charge in [-0.1, -0.05) is 0 Å². The van der Waals surface area contributed by atoms with Crippen LogP contribution in [0.4, 0.5) is 0 Å². The number of carbonyl (C=O) groups is 1. The van der Waals surface area contributed by atoms with E-state index in [2.05, 4.69) is 14.9 Å². The van der Waals surface area contributed by atoms with Gasteiger partial charge in [-0.15, -0.1) is 0 Å². The third-order valence-electron chi connectivity index (χ3n) is 3.50. The molecular formula is C12H17N3O2. The van der Waals surface area contributed by atoms with E-state index in [1.165, 1.54) is 0 Å². The van der Waals surface area contributed by atoms with Crippen LogP contribution in [0.15, 0.2) is 18.6 Å². The van der Waals surface area contributed by atoms with Crippen molar-refractivity contribution in [2.75, 3.05) is 13.1 Å². The van der Waals surface area contributed by atoms with Crippen LogP contribution in [-0.2, 0) is 11.3 Å². The van der Waals surface area contributed by atoms with Gasteiger partial charge in [0.1, 0.15) is 6.33 Å². The van der Waals surface area contributed by atoms with Crippen molar-refractivity contribution in [2.24, 2.45) is 5.41 Å². The first-order valence-electron chi connectivity index (χ1n) is 5.81. The minimum atomic E-state index is -0.681. The summed E-state index contributed by atoms with van der Waals surface area (Å²) in [4.78, 5) is 21.4. The van der Waals surface area contributed by atoms with Crippen molar-refractivity contribution in [2.45, 2.75) is 26.3 Å². The van der Waals surface area contributed by atoms with Crippen LogP contribution in [0.1, 0.15) is 25.5 Å². The third kappa shape index (κ3) is 2.79. The fraction of sp³-hybridized carbons (Fsp3) is 0.583. The maximum Gasteiger partial charge on any atom is 0.309 e. The highest BCUT2D eigenvalue weighted by Crippen LogP contribution is 2.31.